The zero-order valence-electron chi connectivity index (χ0n) is 12.6. The second-order valence-electron chi connectivity index (χ2n) is 5.59. The molecule has 114 valence electrons. The van der Waals surface area contributed by atoms with Gasteiger partial charge in [-0.2, -0.15) is 0 Å². The van der Waals surface area contributed by atoms with E-state index in [9.17, 15) is 9.59 Å². The van der Waals surface area contributed by atoms with Crippen molar-refractivity contribution in [3.8, 4) is 0 Å². The molecule has 2 amide bonds. The molecule has 1 aromatic rings. The molecule has 1 aliphatic rings. The number of hydrogen-bond donors (Lipinski definition) is 1. The lowest BCUT2D eigenvalue weighted by molar-refractivity contribution is -0.149. The van der Waals surface area contributed by atoms with E-state index < -0.39 is 12.1 Å². The van der Waals surface area contributed by atoms with Crippen LogP contribution in [0, 0.1) is 6.92 Å². The molecule has 2 unspecified atom stereocenters. The van der Waals surface area contributed by atoms with Crippen molar-refractivity contribution in [3.05, 3.63) is 34.3 Å². The van der Waals surface area contributed by atoms with Crippen LogP contribution in [0.1, 0.15) is 37.8 Å². The second-order valence-corrected chi connectivity index (χ2v) is 5.99. The molecule has 0 saturated carbocycles. The Balaban J connectivity index is 2.22. The Morgan fingerprint density at radius 2 is 2.05 bits per heavy atom. The van der Waals surface area contributed by atoms with Gasteiger partial charge >= 0.3 is 0 Å². The zero-order chi connectivity index (χ0) is 15.6. The highest BCUT2D eigenvalue weighted by molar-refractivity contribution is 6.31. The van der Waals surface area contributed by atoms with Crippen molar-refractivity contribution in [1.29, 1.82) is 0 Å². The van der Waals surface area contributed by atoms with E-state index in [1.807, 2.05) is 32.0 Å². The van der Waals surface area contributed by atoms with E-state index in [0.717, 1.165) is 17.5 Å². The molecular formula is C16H21ClN2O2. The van der Waals surface area contributed by atoms with Gasteiger partial charge in [-0.3, -0.25) is 9.59 Å². The first-order valence-electron chi connectivity index (χ1n) is 7.30. The number of benzene rings is 1. The highest BCUT2D eigenvalue weighted by Crippen LogP contribution is 2.22. The van der Waals surface area contributed by atoms with Crippen LogP contribution in [0.3, 0.4) is 0 Å². The first kappa shape index (κ1) is 15.8. The summed E-state index contributed by atoms with van der Waals surface area (Å²) in [5, 5.41) is 3.43. The SMILES string of the molecule is CCCC1NC(=O)C(C)N(Cc2ccc(C)cc2Cl)C1=O. The van der Waals surface area contributed by atoms with Gasteiger partial charge in [-0.1, -0.05) is 37.1 Å². The normalized spacial score (nSPS) is 22.4. The minimum absolute atomic E-state index is 0.0272. The number of carbonyl (C=O) groups excluding carboxylic acids is 2. The summed E-state index contributed by atoms with van der Waals surface area (Å²) < 4.78 is 0. The van der Waals surface area contributed by atoms with Gasteiger partial charge in [-0.15, -0.1) is 0 Å². The van der Waals surface area contributed by atoms with Crippen molar-refractivity contribution in [3.63, 3.8) is 0 Å². The Hall–Kier alpha value is -1.55. The molecule has 2 rings (SSSR count). The Labute approximate surface area is 130 Å². The summed E-state index contributed by atoms with van der Waals surface area (Å²) >= 11 is 6.24. The Morgan fingerprint density at radius 3 is 2.67 bits per heavy atom. The van der Waals surface area contributed by atoms with Gasteiger partial charge in [0.1, 0.15) is 12.1 Å². The third-order valence-corrected chi connectivity index (χ3v) is 4.22. The average Bonchev–Trinajstić information content (AvgIpc) is 2.43. The summed E-state index contributed by atoms with van der Waals surface area (Å²) in [6, 6.07) is 4.87. The standard InChI is InChI=1S/C16H21ClN2O2/c1-4-5-14-16(21)19(11(3)15(20)18-14)9-12-7-6-10(2)8-13(12)17/h6-8,11,14H,4-5,9H2,1-3H3,(H,18,20). The Morgan fingerprint density at radius 1 is 1.33 bits per heavy atom. The van der Waals surface area contributed by atoms with Crippen LogP contribution < -0.4 is 5.32 Å². The molecule has 1 aromatic carbocycles. The smallest absolute Gasteiger partial charge is 0.246 e. The second kappa shape index (κ2) is 6.48. The number of halogens is 1. The maximum absolute atomic E-state index is 12.5. The van der Waals surface area contributed by atoms with Crippen molar-refractivity contribution in [2.75, 3.05) is 0 Å². The largest absolute Gasteiger partial charge is 0.343 e. The van der Waals surface area contributed by atoms with Gasteiger partial charge in [-0.05, 0) is 37.5 Å². The van der Waals surface area contributed by atoms with Crippen LogP contribution in [-0.2, 0) is 16.1 Å². The third-order valence-electron chi connectivity index (χ3n) is 3.87. The fraction of sp³-hybridized carbons (Fsp3) is 0.500. The first-order valence-corrected chi connectivity index (χ1v) is 7.67. The molecule has 0 aliphatic carbocycles. The van der Waals surface area contributed by atoms with Crippen LogP contribution in [0.4, 0.5) is 0 Å². The van der Waals surface area contributed by atoms with Crippen LogP contribution in [0.15, 0.2) is 18.2 Å². The van der Waals surface area contributed by atoms with Crippen molar-refractivity contribution in [2.45, 2.75) is 52.2 Å². The predicted molar refractivity (Wildman–Crippen MR) is 83.0 cm³/mol. The van der Waals surface area contributed by atoms with E-state index in [2.05, 4.69) is 5.32 Å². The monoisotopic (exact) mass is 308 g/mol. The van der Waals surface area contributed by atoms with Gasteiger partial charge in [0.25, 0.3) is 0 Å². The quantitative estimate of drug-likeness (QED) is 0.929. The van der Waals surface area contributed by atoms with Crippen LogP contribution in [-0.4, -0.2) is 28.8 Å². The number of piperazine rings is 1. The molecular weight excluding hydrogens is 288 g/mol. The van der Waals surface area contributed by atoms with E-state index in [0.29, 0.717) is 18.0 Å². The fourth-order valence-electron chi connectivity index (χ4n) is 2.55. The van der Waals surface area contributed by atoms with Crippen LogP contribution >= 0.6 is 11.6 Å². The van der Waals surface area contributed by atoms with Crippen molar-refractivity contribution >= 4 is 23.4 Å². The lowest BCUT2D eigenvalue weighted by atomic mass is 10.0. The number of nitrogens with zero attached hydrogens (tertiary/aromatic N) is 1. The summed E-state index contributed by atoms with van der Waals surface area (Å²) in [5.41, 5.74) is 1.94. The van der Waals surface area contributed by atoms with Gasteiger partial charge in [0.2, 0.25) is 11.8 Å². The molecule has 1 fully saturated rings. The average molecular weight is 309 g/mol. The molecule has 5 heteroatoms. The molecule has 1 aliphatic heterocycles. The summed E-state index contributed by atoms with van der Waals surface area (Å²) in [5.74, 6) is -0.128. The summed E-state index contributed by atoms with van der Waals surface area (Å²) in [7, 11) is 0. The minimum Gasteiger partial charge on any atom is -0.343 e. The van der Waals surface area contributed by atoms with Gasteiger partial charge in [0.05, 0.1) is 0 Å². The summed E-state index contributed by atoms with van der Waals surface area (Å²) in [4.78, 5) is 26.2. The van der Waals surface area contributed by atoms with Gasteiger partial charge in [-0.25, -0.2) is 0 Å². The highest BCUT2D eigenvalue weighted by atomic mass is 35.5. The number of carbonyl (C=O) groups is 2. The maximum atomic E-state index is 12.5. The van der Waals surface area contributed by atoms with Crippen LogP contribution in [0.25, 0.3) is 0 Å². The van der Waals surface area contributed by atoms with Gasteiger partial charge in [0.15, 0.2) is 0 Å². The number of nitrogens with one attached hydrogen (secondary N) is 1. The van der Waals surface area contributed by atoms with E-state index in [1.165, 1.54) is 0 Å². The number of aryl methyl sites for hydroxylation is 1. The molecule has 21 heavy (non-hydrogen) atoms. The lowest BCUT2D eigenvalue weighted by Crippen LogP contribution is -2.61. The highest BCUT2D eigenvalue weighted by Gasteiger charge is 2.37. The number of rotatable bonds is 4. The molecule has 1 saturated heterocycles. The summed E-state index contributed by atoms with van der Waals surface area (Å²) in [6.45, 7) is 6.08. The van der Waals surface area contributed by atoms with Crippen molar-refractivity contribution in [1.82, 2.24) is 10.2 Å². The molecule has 2 atom stereocenters. The van der Waals surface area contributed by atoms with E-state index in [1.54, 1.807) is 11.8 Å². The topological polar surface area (TPSA) is 49.4 Å². The third kappa shape index (κ3) is 3.38. The minimum atomic E-state index is -0.469. The van der Waals surface area contributed by atoms with Crippen molar-refractivity contribution < 1.29 is 9.59 Å². The Bertz CT molecular complexity index is 559. The first-order chi connectivity index (χ1) is 9.93. The molecule has 0 aromatic heterocycles. The molecule has 0 bridgehead atoms. The van der Waals surface area contributed by atoms with Crippen LogP contribution in [0.2, 0.25) is 5.02 Å². The lowest BCUT2D eigenvalue weighted by Gasteiger charge is -2.37. The molecule has 0 spiro atoms. The van der Waals surface area contributed by atoms with Crippen molar-refractivity contribution in [2.24, 2.45) is 0 Å². The molecule has 1 N–H and O–H groups in total. The molecule has 1 heterocycles. The number of hydrogen-bond acceptors (Lipinski definition) is 2. The number of amides is 2. The molecule has 4 nitrogen and oxygen atoms in total. The van der Waals surface area contributed by atoms with Gasteiger partial charge < -0.3 is 10.2 Å². The zero-order valence-corrected chi connectivity index (χ0v) is 13.4. The van der Waals surface area contributed by atoms with E-state index in [4.69, 9.17) is 11.6 Å². The maximum Gasteiger partial charge on any atom is 0.246 e. The van der Waals surface area contributed by atoms with E-state index >= 15 is 0 Å². The predicted octanol–water partition coefficient (Wildman–Crippen LogP) is 2.66. The van der Waals surface area contributed by atoms with E-state index in [-0.39, 0.29) is 11.8 Å². The fourth-order valence-corrected chi connectivity index (χ4v) is 2.84. The summed E-state index contributed by atoms with van der Waals surface area (Å²) in [6.07, 6.45) is 1.51. The molecule has 0 radical (unpaired) electrons. The Kier molecular flexibility index (Phi) is 4.88. The van der Waals surface area contributed by atoms with Crippen LogP contribution in [0.5, 0.6) is 0 Å². The van der Waals surface area contributed by atoms with Gasteiger partial charge in [0, 0.05) is 11.6 Å².